The van der Waals surface area contributed by atoms with E-state index in [0.29, 0.717) is 5.46 Å². The highest BCUT2D eigenvalue weighted by atomic mass is 28.3. The standard InChI is InChI=1S/C10H17BO2Si/c1-8-7-9(11(12)13)5-6-10(8)14(2,3)4/h5-7,12-13H,1-4H3. The molecule has 0 atom stereocenters. The number of aryl methyl sites for hydroxylation is 1. The van der Waals surface area contributed by atoms with Crippen molar-refractivity contribution in [2.45, 2.75) is 26.6 Å². The highest BCUT2D eigenvalue weighted by molar-refractivity contribution is 6.89. The lowest BCUT2D eigenvalue weighted by Gasteiger charge is -2.20. The Bertz CT molecular complexity index is 331. The molecule has 0 aliphatic rings. The summed E-state index contributed by atoms with van der Waals surface area (Å²) >= 11 is 0. The second-order valence-corrected chi connectivity index (χ2v) is 9.74. The van der Waals surface area contributed by atoms with E-state index >= 15 is 0 Å². The Balaban J connectivity index is 3.15. The SMILES string of the molecule is Cc1cc(B(O)O)ccc1[Si](C)(C)C. The van der Waals surface area contributed by atoms with Gasteiger partial charge in [0.25, 0.3) is 0 Å². The first-order valence-corrected chi connectivity index (χ1v) is 8.29. The minimum atomic E-state index is -1.36. The Morgan fingerprint density at radius 1 is 1.14 bits per heavy atom. The van der Waals surface area contributed by atoms with Crippen LogP contribution in [0.15, 0.2) is 18.2 Å². The smallest absolute Gasteiger partial charge is 0.423 e. The van der Waals surface area contributed by atoms with Gasteiger partial charge in [-0.05, 0) is 12.4 Å². The Kier molecular flexibility index (Phi) is 3.19. The van der Waals surface area contributed by atoms with Gasteiger partial charge in [0.05, 0.1) is 8.07 Å². The van der Waals surface area contributed by atoms with Gasteiger partial charge in [-0.2, -0.15) is 0 Å². The van der Waals surface area contributed by atoms with Crippen molar-refractivity contribution in [2.75, 3.05) is 0 Å². The van der Waals surface area contributed by atoms with Crippen LogP contribution in [-0.4, -0.2) is 25.2 Å². The Labute approximate surface area is 86.8 Å². The molecule has 4 heteroatoms. The summed E-state index contributed by atoms with van der Waals surface area (Å²) in [6, 6.07) is 5.68. The largest absolute Gasteiger partial charge is 0.488 e. The predicted molar refractivity (Wildman–Crippen MR) is 64.0 cm³/mol. The van der Waals surface area contributed by atoms with Crippen molar-refractivity contribution in [2.24, 2.45) is 0 Å². The van der Waals surface area contributed by atoms with Crippen LogP contribution >= 0.6 is 0 Å². The molecule has 1 aromatic carbocycles. The van der Waals surface area contributed by atoms with E-state index in [4.69, 9.17) is 10.0 Å². The van der Waals surface area contributed by atoms with Crippen LogP contribution in [0, 0.1) is 6.92 Å². The van der Waals surface area contributed by atoms with Crippen molar-refractivity contribution in [1.82, 2.24) is 0 Å². The van der Waals surface area contributed by atoms with Crippen LogP contribution in [-0.2, 0) is 0 Å². The highest BCUT2D eigenvalue weighted by Gasteiger charge is 2.20. The maximum atomic E-state index is 9.01. The fraction of sp³-hybridized carbons (Fsp3) is 0.400. The summed E-state index contributed by atoms with van der Waals surface area (Å²) in [7, 11) is -2.66. The Morgan fingerprint density at radius 3 is 2.07 bits per heavy atom. The van der Waals surface area contributed by atoms with E-state index in [9.17, 15) is 0 Å². The van der Waals surface area contributed by atoms with Gasteiger partial charge >= 0.3 is 7.12 Å². The van der Waals surface area contributed by atoms with Gasteiger partial charge in [-0.15, -0.1) is 0 Å². The molecule has 2 N–H and O–H groups in total. The van der Waals surface area contributed by atoms with Gasteiger partial charge in [0.15, 0.2) is 0 Å². The van der Waals surface area contributed by atoms with Gasteiger partial charge in [0, 0.05) is 0 Å². The zero-order valence-corrected chi connectivity index (χ0v) is 10.2. The second-order valence-electron chi connectivity index (χ2n) is 4.70. The third kappa shape index (κ3) is 2.47. The van der Waals surface area contributed by atoms with Gasteiger partial charge < -0.3 is 10.0 Å². The van der Waals surface area contributed by atoms with E-state index in [1.54, 1.807) is 6.07 Å². The summed E-state index contributed by atoms with van der Waals surface area (Å²) in [5, 5.41) is 19.4. The Morgan fingerprint density at radius 2 is 1.71 bits per heavy atom. The molecule has 1 aromatic rings. The van der Waals surface area contributed by atoms with Crippen LogP contribution in [0.4, 0.5) is 0 Å². The van der Waals surface area contributed by atoms with Crippen molar-refractivity contribution in [3.63, 3.8) is 0 Å². The van der Waals surface area contributed by atoms with E-state index in [1.807, 2.05) is 19.1 Å². The summed E-state index contributed by atoms with van der Waals surface area (Å²) in [6.45, 7) is 8.87. The normalized spacial score (nSPS) is 11.6. The van der Waals surface area contributed by atoms with Crippen LogP contribution in [0.5, 0.6) is 0 Å². The highest BCUT2D eigenvalue weighted by Crippen LogP contribution is 2.05. The molecule has 2 nitrogen and oxygen atoms in total. The van der Waals surface area contributed by atoms with Crippen molar-refractivity contribution in [3.05, 3.63) is 23.8 Å². The molecular formula is C10H17BO2Si. The maximum absolute atomic E-state index is 9.01. The minimum absolute atomic E-state index is 0.574. The number of rotatable bonds is 2. The molecule has 0 aromatic heterocycles. The molecule has 0 saturated carbocycles. The van der Waals surface area contributed by atoms with E-state index in [2.05, 4.69) is 19.6 Å². The third-order valence-electron chi connectivity index (χ3n) is 2.36. The van der Waals surface area contributed by atoms with Gasteiger partial charge in [-0.1, -0.05) is 48.6 Å². The van der Waals surface area contributed by atoms with Crippen LogP contribution < -0.4 is 10.6 Å². The molecule has 0 bridgehead atoms. The molecule has 0 aliphatic carbocycles. The maximum Gasteiger partial charge on any atom is 0.488 e. The number of hydrogen-bond acceptors (Lipinski definition) is 2. The van der Waals surface area contributed by atoms with Gasteiger partial charge in [-0.25, -0.2) is 0 Å². The monoisotopic (exact) mass is 208 g/mol. The van der Waals surface area contributed by atoms with E-state index in [1.165, 1.54) is 5.19 Å². The van der Waals surface area contributed by atoms with E-state index in [0.717, 1.165) is 5.56 Å². The molecule has 0 radical (unpaired) electrons. The Hall–Kier alpha value is -0.578. The summed E-state index contributed by atoms with van der Waals surface area (Å²) in [5.41, 5.74) is 1.74. The summed E-state index contributed by atoms with van der Waals surface area (Å²) in [4.78, 5) is 0. The lowest BCUT2D eigenvalue weighted by atomic mass is 9.80. The quantitative estimate of drug-likeness (QED) is 0.682. The zero-order valence-electron chi connectivity index (χ0n) is 9.20. The van der Waals surface area contributed by atoms with Crippen molar-refractivity contribution >= 4 is 25.8 Å². The van der Waals surface area contributed by atoms with E-state index in [-0.39, 0.29) is 0 Å². The average molecular weight is 208 g/mol. The molecule has 0 amide bonds. The zero-order chi connectivity index (χ0) is 10.9. The molecule has 76 valence electrons. The van der Waals surface area contributed by atoms with Gasteiger partial charge in [0.1, 0.15) is 0 Å². The van der Waals surface area contributed by atoms with Crippen LogP contribution in [0.25, 0.3) is 0 Å². The average Bonchev–Trinajstić information content (AvgIpc) is 2.01. The first-order valence-electron chi connectivity index (χ1n) is 4.79. The molecule has 1 rings (SSSR count). The summed E-state index contributed by atoms with van der Waals surface area (Å²) in [5.74, 6) is 0. The summed E-state index contributed by atoms with van der Waals surface area (Å²) < 4.78 is 0. The molecular weight excluding hydrogens is 191 g/mol. The van der Waals surface area contributed by atoms with Gasteiger partial charge in [0.2, 0.25) is 0 Å². The first-order chi connectivity index (χ1) is 6.32. The number of benzene rings is 1. The molecule has 0 heterocycles. The number of hydrogen-bond donors (Lipinski definition) is 2. The molecule has 0 saturated heterocycles. The fourth-order valence-corrected chi connectivity index (χ4v) is 3.53. The van der Waals surface area contributed by atoms with Crippen LogP contribution in [0.3, 0.4) is 0 Å². The van der Waals surface area contributed by atoms with Crippen molar-refractivity contribution < 1.29 is 10.0 Å². The van der Waals surface area contributed by atoms with Crippen molar-refractivity contribution in [3.8, 4) is 0 Å². The lowest BCUT2D eigenvalue weighted by Crippen LogP contribution is -2.41. The topological polar surface area (TPSA) is 40.5 Å². The first kappa shape index (κ1) is 11.5. The molecule has 0 fully saturated rings. The predicted octanol–water partition coefficient (Wildman–Crippen LogP) is 0.220. The van der Waals surface area contributed by atoms with Crippen molar-refractivity contribution in [1.29, 1.82) is 0 Å². The lowest BCUT2D eigenvalue weighted by molar-refractivity contribution is 0.426. The molecule has 0 spiro atoms. The minimum Gasteiger partial charge on any atom is -0.423 e. The van der Waals surface area contributed by atoms with Crippen LogP contribution in [0.1, 0.15) is 5.56 Å². The van der Waals surface area contributed by atoms with Gasteiger partial charge in [-0.3, -0.25) is 0 Å². The molecule has 0 unspecified atom stereocenters. The van der Waals surface area contributed by atoms with Crippen LogP contribution in [0.2, 0.25) is 19.6 Å². The van der Waals surface area contributed by atoms with E-state index < -0.39 is 15.2 Å². The summed E-state index contributed by atoms with van der Waals surface area (Å²) in [6.07, 6.45) is 0. The molecule has 14 heavy (non-hydrogen) atoms. The third-order valence-corrected chi connectivity index (χ3v) is 4.53. The second kappa shape index (κ2) is 3.89. The fourth-order valence-electron chi connectivity index (χ4n) is 1.69. The molecule has 0 aliphatic heterocycles.